The van der Waals surface area contributed by atoms with Gasteiger partial charge in [-0.2, -0.15) is 4.98 Å². The van der Waals surface area contributed by atoms with Gasteiger partial charge >= 0.3 is 0 Å². The Hall–Kier alpha value is -2.41. The first kappa shape index (κ1) is 14.0. The zero-order chi connectivity index (χ0) is 14.7. The summed E-state index contributed by atoms with van der Waals surface area (Å²) in [7, 11) is 1.55. The lowest BCUT2D eigenvalue weighted by atomic mass is 10.3. The Bertz CT molecular complexity index is 666. The van der Waals surface area contributed by atoms with Crippen molar-refractivity contribution in [1.82, 2.24) is 4.98 Å². The maximum absolute atomic E-state index is 13.7. The number of pyridine rings is 1. The molecule has 1 aromatic carbocycles. The van der Waals surface area contributed by atoms with Gasteiger partial charge in [-0.15, -0.1) is 0 Å². The molecule has 0 atom stereocenters. The van der Waals surface area contributed by atoms with Crippen molar-refractivity contribution in [2.45, 2.75) is 0 Å². The van der Waals surface area contributed by atoms with Crippen LogP contribution in [0.4, 0.5) is 15.9 Å². The number of benzene rings is 1. The molecule has 0 saturated heterocycles. The van der Waals surface area contributed by atoms with Crippen LogP contribution in [0.1, 0.15) is 0 Å². The summed E-state index contributed by atoms with van der Waals surface area (Å²) in [5.41, 5.74) is -0.221. The quantitative estimate of drug-likeness (QED) is 0.689. The van der Waals surface area contributed by atoms with Crippen molar-refractivity contribution < 1.29 is 14.1 Å². The van der Waals surface area contributed by atoms with Crippen LogP contribution in [0, 0.1) is 15.9 Å². The minimum Gasteiger partial charge on any atom is -0.436 e. The van der Waals surface area contributed by atoms with Gasteiger partial charge in [-0.1, -0.05) is 17.7 Å². The molecular formula is C12H9ClFN3O3. The molecule has 1 heterocycles. The summed E-state index contributed by atoms with van der Waals surface area (Å²) in [5, 5.41) is 13.3. The van der Waals surface area contributed by atoms with Crippen LogP contribution in [-0.2, 0) is 0 Å². The molecule has 2 rings (SSSR count). The Labute approximate surface area is 118 Å². The summed E-state index contributed by atoms with van der Waals surface area (Å²) in [6.45, 7) is 0. The van der Waals surface area contributed by atoms with Crippen LogP contribution in [0.3, 0.4) is 0 Å². The zero-order valence-corrected chi connectivity index (χ0v) is 11.0. The van der Waals surface area contributed by atoms with Gasteiger partial charge < -0.3 is 10.1 Å². The fraction of sp³-hybridized carbons (Fsp3) is 0.0833. The van der Waals surface area contributed by atoms with Crippen LogP contribution >= 0.6 is 11.6 Å². The molecule has 0 saturated carbocycles. The lowest BCUT2D eigenvalue weighted by molar-refractivity contribution is -0.384. The van der Waals surface area contributed by atoms with E-state index in [0.29, 0.717) is 0 Å². The van der Waals surface area contributed by atoms with E-state index in [4.69, 9.17) is 16.3 Å². The number of anilines is 1. The number of rotatable bonds is 4. The van der Waals surface area contributed by atoms with Gasteiger partial charge in [0.15, 0.2) is 11.6 Å². The van der Waals surface area contributed by atoms with Gasteiger partial charge in [0.25, 0.3) is 5.69 Å². The Morgan fingerprint density at radius 2 is 2.20 bits per heavy atom. The van der Waals surface area contributed by atoms with Gasteiger partial charge in [0.1, 0.15) is 5.82 Å². The summed E-state index contributed by atoms with van der Waals surface area (Å²) < 4.78 is 18.9. The van der Waals surface area contributed by atoms with E-state index < -0.39 is 10.7 Å². The molecule has 0 amide bonds. The van der Waals surface area contributed by atoms with E-state index in [1.807, 2.05) is 0 Å². The number of nitro groups is 1. The number of halogens is 2. The summed E-state index contributed by atoms with van der Waals surface area (Å²) in [6, 6.07) is 6.55. The minimum atomic E-state index is -0.756. The molecule has 0 aliphatic heterocycles. The highest BCUT2D eigenvalue weighted by Gasteiger charge is 2.14. The van der Waals surface area contributed by atoms with Crippen molar-refractivity contribution in [3.63, 3.8) is 0 Å². The van der Waals surface area contributed by atoms with Crippen LogP contribution in [0.25, 0.3) is 0 Å². The van der Waals surface area contributed by atoms with E-state index in [1.54, 1.807) is 7.05 Å². The third-order valence-corrected chi connectivity index (χ3v) is 2.68. The van der Waals surface area contributed by atoms with Gasteiger partial charge in [-0.05, 0) is 12.1 Å². The summed E-state index contributed by atoms with van der Waals surface area (Å²) in [5.74, 6) is -0.789. The molecule has 2 aromatic rings. The summed E-state index contributed by atoms with van der Waals surface area (Å²) in [4.78, 5) is 14.2. The Morgan fingerprint density at radius 3 is 2.85 bits per heavy atom. The molecule has 104 valence electrons. The summed E-state index contributed by atoms with van der Waals surface area (Å²) >= 11 is 5.62. The fourth-order valence-corrected chi connectivity index (χ4v) is 1.62. The predicted octanol–water partition coefficient (Wildman–Crippen LogP) is 3.62. The second-order valence-electron chi connectivity index (χ2n) is 3.71. The molecule has 0 unspecified atom stereocenters. The van der Waals surface area contributed by atoms with E-state index in [1.165, 1.54) is 24.3 Å². The molecule has 20 heavy (non-hydrogen) atoms. The lowest BCUT2D eigenvalue weighted by Gasteiger charge is -2.08. The zero-order valence-electron chi connectivity index (χ0n) is 10.3. The molecule has 6 nitrogen and oxygen atoms in total. The molecule has 0 radical (unpaired) electrons. The first-order valence-corrected chi connectivity index (χ1v) is 5.85. The maximum Gasteiger partial charge on any atom is 0.278 e. The van der Waals surface area contributed by atoms with Gasteiger partial charge in [0.2, 0.25) is 5.88 Å². The second-order valence-corrected chi connectivity index (χ2v) is 4.12. The largest absolute Gasteiger partial charge is 0.436 e. The second kappa shape index (κ2) is 5.70. The first-order valence-electron chi connectivity index (χ1n) is 5.47. The van der Waals surface area contributed by atoms with Crippen LogP contribution in [0.2, 0.25) is 5.02 Å². The average molecular weight is 298 g/mol. The smallest absolute Gasteiger partial charge is 0.278 e. The Balaban J connectivity index is 2.40. The van der Waals surface area contributed by atoms with Crippen molar-refractivity contribution >= 4 is 23.1 Å². The van der Waals surface area contributed by atoms with Crippen molar-refractivity contribution in [3.8, 4) is 11.6 Å². The molecule has 8 heteroatoms. The molecular weight excluding hydrogens is 289 g/mol. The topological polar surface area (TPSA) is 77.3 Å². The van der Waals surface area contributed by atoms with E-state index in [0.717, 1.165) is 6.07 Å². The molecule has 0 fully saturated rings. The van der Waals surface area contributed by atoms with Gasteiger partial charge in [-0.3, -0.25) is 10.1 Å². The molecule has 1 N–H and O–H groups in total. The number of aromatic nitrogens is 1. The Morgan fingerprint density at radius 1 is 1.45 bits per heavy atom. The number of nitrogens with one attached hydrogen (secondary N) is 1. The van der Waals surface area contributed by atoms with Crippen LogP contribution in [0.15, 0.2) is 30.3 Å². The number of hydrogen-bond donors (Lipinski definition) is 1. The number of hydrogen-bond acceptors (Lipinski definition) is 5. The normalized spacial score (nSPS) is 10.2. The van der Waals surface area contributed by atoms with Crippen molar-refractivity contribution in [2.75, 3.05) is 12.4 Å². The lowest BCUT2D eigenvalue weighted by Crippen LogP contribution is -1.98. The van der Waals surface area contributed by atoms with Crippen LogP contribution < -0.4 is 10.1 Å². The van der Waals surface area contributed by atoms with E-state index in [9.17, 15) is 14.5 Å². The van der Waals surface area contributed by atoms with Gasteiger partial charge in [0, 0.05) is 7.05 Å². The molecule has 0 spiro atoms. The van der Waals surface area contributed by atoms with Crippen molar-refractivity contribution in [2.24, 2.45) is 0 Å². The number of nitrogens with zero attached hydrogens (tertiary/aromatic N) is 2. The first-order chi connectivity index (χ1) is 9.51. The SMILES string of the molecule is CNc1cc([N+](=O)[O-])cc(Oc2cccc(Cl)c2F)n1. The van der Waals surface area contributed by atoms with Gasteiger partial charge in [0.05, 0.1) is 22.1 Å². The van der Waals surface area contributed by atoms with Crippen LogP contribution in [-0.4, -0.2) is 17.0 Å². The highest BCUT2D eigenvalue weighted by molar-refractivity contribution is 6.30. The third kappa shape index (κ3) is 2.94. The highest BCUT2D eigenvalue weighted by Crippen LogP contribution is 2.30. The monoisotopic (exact) mass is 297 g/mol. The number of ether oxygens (including phenoxy) is 1. The van der Waals surface area contributed by atoms with E-state index in [2.05, 4.69) is 10.3 Å². The standard InChI is InChI=1S/C12H9ClFN3O3/c1-15-10-5-7(17(18)19)6-11(16-10)20-9-4-2-3-8(13)12(9)14/h2-6H,1H3,(H,15,16). The van der Waals surface area contributed by atoms with Crippen molar-refractivity contribution in [3.05, 3.63) is 51.3 Å². The van der Waals surface area contributed by atoms with Crippen molar-refractivity contribution in [1.29, 1.82) is 0 Å². The molecule has 0 aliphatic rings. The molecule has 1 aromatic heterocycles. The van der Waals surface area contributed by atoms with E-state index >= 15 is 0 Å². The fourth-order valence-electron chi connectivity index (χ4n) is 1.45. The predicted molar refractivity (Wildman–Crippen MR) is 71.9 cm³/mol. The highest BCUT2D eigenvalue weighted by atomic mass is 35.5. The summed E-state index contributed by atoms with van der Waals surface area (Å²) in [6.07, 6.45) is 0. The maximum atomic E-state index is 13.7. The average Bonchev–Trinajstić information content (AvgIpc) is 2.43. The molecule has 0 bridgehead atoms. The van der Waals surface area contributed by atoms with E-state index in [-0.39, 0.29) is 28.2 Å². The van der Waals surface area contributed by atoms with Gasteiger partial charge in [-0.25, -0.2) is 4.39 Å². The molecule has 0 aliphatic carbocycles. The van der Waals surface area contributed by atoms with Crippen LogP contribution in [0.5, 0.6) is 11.6 Å². The minimum absolute atomic E-state index is 0.107. The Kier molecular flexibility index (Phi) is 3.99. The third-order valence-electron chi connectivity index (χ3n) is 2.38.